The van der Waals surface area contributed by atoms with Crippen LogP contribution in [0.15, 0.2) is 12.7 Å². The molecule has 4 atom stereocenters. The molecule has 0 aromatic carbocycles. The second kappa shape index (κ2) is 7.75. The molecule has 0 heterocycles. The van der Waals surface area contributed by atoms with E-state index in [1.165, 1.54) is 13.8 Å². The van der Waals surface area contributed by atoms with Crippen LogP contribution in [0, 0.1) is 10.8 Å². The summed E-state index contributed by atoms with van der Waals surface area (Å²) in [6, 6.07) is 0. The van der Waals surface area contributed by atoms with Crippen molar-refractivity contribution in [2.75, 3.05) is 13.2 Å². The van der Waals surface area contributed by atoms with E-state index in [0.29, 0.717) is 19.3 Å². The molecule has 0 saturated heterocycles. The zero-order valence-electron chi connectivity index (χ0n) is 14.6. The van der Waals surface area contributed by atoms with E-state index in [9.17, 15) is 22.8 Å². The Morgan fingerprint density at radius 3 is 1.96 bits per heavy atom. The molecule has 2 bridgehead atoms. The maximum absolute atomic E-state index is 11.8. The zero-order valence-corrected chi connectivity index (χ0v) is 15.5. The average Bonchev–Trinajstić information content (AvgIpc) is 3.05. The lowest BCUT2D eigenvalue weighted by molar-refractivity contribution is -0.169. The van der Waals surface area contributed by atoms with Crippen molar-refractivity contribution >= 4 is 28.9 Å². The molecule has 2 fully saturated rings. The van der Waals surface area contributed by atoms with Crippen LogP contribution in [-0.4, -0.2) is 51.7 Å². The Bertz CT molecular complexity index is 677. The molecular formula is C16H22O9S. The van der Waals surface area contributed by atoms with Crippen LogP contribution >= 0.6 is 0 Å². The molecule has 2 rings (SSSR count). The third-order valence-corrected chi connectivity index (χ3v) is 5.44. The predicted molar refractivity (Wildman–Crippen MR) is 87.2 cm³/mol. The van der Waals surface area contributed by atoms with Gasteiger partial charge in [0.1, 0.15) is 18.8 Å². The molecule has 10 heteroatoms. The molecule has 2 saturated carbocycles. The molecular weight excluding hydrogens is 368 g/mol. The summed E-state index contributed by atoms with van der Waals surface area (Å²) in [7, 11) is -3.25. The highest BCUT2D eigenvalue weighted by molar-refractivity contribution is 7.67. The second-order valence-electron chi connectivity index (χ2n) is 6.77. The molecule has 0 aromatic rings. The number of hydrogen-bond acceptors (Lipinski definition) is 9. The third-order valence-electron chi connectivity index (χ3n) is 5.04. The van der Waals surface area contributed by atoms with Gasteiger partial charge in [-0.15, -0.1) is 0 Å². The summed E-state index contributed by atoms with van der Waals surface area (Å²) in [6.45, 7) is 5.68. The number of rotatable bonds is 8. The molecule has 4 unspecified atom stereocenters. The average molecular weight is 390 g/mol. The summed E-state index contributed by atoms with van der Waals surface area (Å²) in [5, 5.41) is 0. The van der Waals surface area contributed by atoms with Gasteiger partial charge in [0.05, 0.1) is 6.61 Å². The monoisotopic (exact) mass is 390 g/mol. The Kier molecular flexibility index (Phi) is 6.07. The summed E-state index contributed by atoms with van der Waals surface area (Å²) < 4.78 is 43.2. The number of thiol groups is 1. The first-order valence-electron chi connectivity index (χ1n) is 8.05. The number of carbonyl (C=O) groups is 3. The molecule has 26 heavy (non-hydrogen) atoms. The predicted octanol–water partition coefficient (Wildman–Crippen LogP) is 0.292. The normalized spacial score (nSPS) is 32.3. The lowest BCUT2D eigenvalue weighted by atomic mass is 9.78. The van der Waals surface area contributed by atoms with Crippen LogP contribution < -0.4 is 0 Å². The fourth-order valence-electron chi connectivity index (χ4n) is 4.02. The van der Waals surface area contributed by atoms with Gasteiger partial charge in [-0.3, -0.25) is 13.8 Å². The van der Waals surface area contributed by atoms with Crippen molar-refractivity contribution in [3.63, 3.8) is 0 Å². The Hall–Kier alpha value is -1.94. The van der Waals surface area contributed by atoms with Crippen LogP contribution in [0.2, 0.25) is 0 Å². The van der Waals surface area contributed by atoms with Gasteiger partial charge < -0.3 is 14.2 Å². The smallest absolute Gasteiger partial charge is 0.330 e. The Morgan fingerprint density at radius 1 is 1.04 bits per heavy atom. The van der Waals surface area contributed by atoms with E-state index in [1.807, 2.05) is 0 Å². The zero-order chi connectivity index (χ0) is 19.5. The molecule has 2 aliphatic rings. The molecule has 2 aliphatic carbocycles. The summed E-state index contributed by atoms with van der Waals surface area (Å²) in [6.07, 6.45) is 0.215. The Balaban J connectivity index is 2.39. The van der Waals surface area contributed by atoms with Crippen molar-refractivity contribution in [2.24, 2.45) is 10.8 Å². The molecule has 0 amide bonds. The molecule has 0 spiro atoms. The highest BCUT2D eigenvalue weighted by atomic mass is 32.2. The minimum atomic E-state index is -3.25. The van der Waals surface area contributed by atoms with Crippen molar-refractivity contribution < 1.29 is 41.2 Å². The Labute approximate surface area is 152 Å². The highest BCUT2D eigenvalue weighted by Gasteiger charge is 2.69. The quantitative estimate of drug-likeness (QED) is 0.270. The third kappa shape index (κ3) is 4.07. The minimum Gasteiger partial charge on any atom is -0.465 e. The van der Waals surface area contributed by atoms with Crippen molar-refractivity contribution in [1.29, 1.82) is 0 Å². The minimum absolute atomic E-state index is 0.0608. The summed E-state index contributed by atoms with van der Waals surface area (Å²) >= 11 is 0. The van der Waals surface area contributed by atoms with E-state index in [0.717, 1.165) is 6.08 Å². The van der Waals surface area contributed by atoms with Gasteiger partial charge in [-0.25, -0.2) is 13.2 Å². The van der Waals surface area contributed by atoms with Gasteiger partial charge >= 0.3 is 17.9 Å². The van der Waals surface area contributed by atoms with Crippen LogP contribution in [0.4, 0.5) is 0 Å². The van der Waals surface area contributed by atoms with Crippen molar-refractivity contribution in [2.45, 2.75) is 45.3 Å². The van der Waals surface area contributed by atoms with Crippen molar-refractivity contribution in [3.05, 3.63) is 12.7 Å². The van der Waals surface area contributed by atoms with Crippen LogP contribution in [0.3, 0.4) is 0 Å². The van der Waals surface area contributed by atoms with E-state index in [-0.39, 0.29) is 13.2 Å². The molecule has 9 nitrogen and oxygen atoms in total. The van der Waals surface area contributed by atoms with E-state index in [2.05, 4.69) is 6.58 Å². The van der Waals surface area contributed by atoms with Gasteiger partial charge in [0.15, 0.2) is 0 Å². The van der Waals surface area contributed by atoms with Crippen molar-refractivity contribution in [1.82, 2.24) is 0 Å². The largest absolute Gasteiger partial charge is 0.465 e. The SMILES string of the molecule is C=CC(=O)OC1C(O[SH](=O)=O)C2(COC(C)=O)CCC1(COC(C)=O)C2. The van der Waals surface area contributed by atoms with Gasteiger partial charge in [-0.05, 0) is 19.3 Å². The lowest BCUT2D eigenvalue weighted by Gasteiger charge is -2.39. The number of esters is 3. The van der Waals surface area contributed by atoms with E-state index in [1.54, 1.807) is 0 Å². The second-order valence-corrected chi connectivity index (χ2v) is 7.43. The summed E-state index contributed by atoms with van der Waals surface area (Å²) in [5.74, 6) is -1.78. The van der Waals surface area contributed by atoms with E-state index in [4.69, 9.17) is 18.4 Å². The standard InChI is InChI=1S/C16H22O9S/c1-4-12(19)24-13-14(25-26(20)21)16(9-23-11(3)18)6-5-15(13,7-16)8-22-10(2)17/h4,13-14,26H,1,5-9H2,2-3H3. The first kappa shape index (κ1) is 20.4. The molecule has 146 valence electrons. The summed E-state index contributed by atoms with van der Waals surface area (Å²) in [4.78, 5) is 34.3. The maximum Gasteiger partial charge on any atom is 0.330 e. The van der Waals surface area contributed by atoms with Gasteiger partial charge in [0.25, 0.3) is 11.0 Å². The number of fused-ring (bicyclic) bond motifs is 2. The van der Waals surface area contributed by atoms with Crippen LogP contribution in [0.5, 0.6) is 0 Å². The number of hydrogen-bond donors (Lipinski definition) is 1. The van der Waals surface area contributed by atoms with Crippen molar-refractivity contribution in [3.8, 4) is 0 Å². The Morgan fingerprint density at radius 2 is 1.54 bits per heavy atom. The molecule has 0 radical (unpaired) electrons. The first-order chi connectivity index (χ1) is 12.1. The molecule has 0 N–H and O–H groups in total. The van der Waals surface area contributed by atoms with Gasteiger partial charge in [-0.1, -0.05) is 6.58 Å². The van der Waals surface area contributed by atoms with Crippen LogP contribution in [0.1, 0.15) is 33.1 Å². The van der Waals surface area contributed by atoms with Crippen LogP contribution in [0.25, 0.3) is 0 Å². The number of carbonyl (C=O) groups excluding carboxylic acids is 3. The molecule has 0 aliphatic heterocycles. The van der Waals surface area contributed by atoms with Gasteiger partial charge in [0.2, 0.25) is 0 Å². The fourth-order valence-corrected chi connectivity index (χ4v) is 4.54. The lowest BCUT2D eigenvalue weighted by Crippen LogP contribution is -2.50. The van der Waals surface area contributed by atoms with Crippen LogP contribution in [-0.2, 0) is 43.8 Å². The first-order valence-corrected chi connectivity index (χ1v) is 9.15. The van der Waals surface area contributed by atoms with E-state index < -0.39 is 51.9 Å². The van der Waals surface area contributed by atoms with E-state index >= 15 is 0 Å². The molecule has 0 aromatic heterocycles. The maximum atomic E-state index is 11.8. The highest BCUT2D eigenvalue weighted by Crippen LogP contribution is 2.63. The number of ether oxygens (including phenoxy) is 3. The fraction of sp³-hybridized carbons (Fsp3) is 0.688. The summed E-state index contributed by atoms with van der Waals surface area (Å²) in [5.41, 5.74) is -1.67. The van der Waals surface area contributed by atoms with Gasteiger partial charge in [-0.2, -0.15) is 0 Å². The topological polar surface area (TPSA) is 122 Å². The van der Waals surface area contributed by atoms with Gasteiger partial charge in [0, 0.05) is 30.8 Å².